The zero-order valence-electron chi connectivity index (χ0n) is 15.3. The summed E-state index contributed by atoms with van der Waals surface area (Å²) in [7, 11) is 1.68. The average molecular weight is 487 g/mol. The molecule has 148 valence electrons. The minimum absolute atomic E-state index is 0.130. The Morgan fingerprint density at radius 3 is 2.68 bits per heavy atom. The molecule has 2 heterocycles. The van der Waals surface area contributed by atoms with Crippen LogP contribution in [0.5, 0.6) is 5.75 Å². The van der Waals surface area contributed by atoms with E-state index in [1.165, 1.54) is 9.58 Å². The van der Waals surface area contributed by atoms with Crippen molar-refractivity contribution in [1.29, 1.82) is 0 Å². The van der Waals surface area contributed by atoms with Gasteiger partial charge in [0.2, 0.25) is 0 Å². The molecule has 10 heteroatoms. The number of hydrogen-bond donors (Lipinski definition) is 0. The standard InChI is InChI=1S/C18H18BrCl2N5O2/c1-3-25-9-14(21)16(23-25)10-24(2)18(27)15-6-7-26(22-15)11-28-17-5-4-12(19)8-13(17)20/h4-9H,3,10-11H2,1-2H3. The molecular formula is C18H18BrCl2N5O2. The van der Waals surface area contributed by atoms with E-state index >= 15 is 0 Å². The van der Waals surface area contributed by atoms with Crippen LogP contribution in [0.25, 0.3) is 0 Å². The maximum Gasteiger partial charge on any atom is 0.274 e. The number of amides is 1. The van der Waals surface area contributed by atoms with Gasteiger partial charge in [0, 0.05) is 30.5 Å². The van der Waals surface area contributed by atoms with Crippen LogP contribution >= 0.6 is 39.1 Å². The summed E-state index contributed by atoms with van der Waals surface area (Å²) in [5.74, 6) is 0.300. The SMILES string of the molecule is CCn1cc(Cl)c(CN(C)C(=O)c2ccn(COc3ccc(Br)cc3Cl)n2)n1. The van der Waals surface area contributed by atoms with Gasteiger partial charge in [-0.1, -0.05) is 39.1 Å². The number of aromatic nitrogens is 4. The lowest BCUT2D eigenvalue weighted by Crippen LogP contribution is -2.27. The number of ether oxygens (including phenoxy) is 1. The van der Waals surface area contributed by atoms with Gasteiger partial charge in [0.15, 0.2) is 12.4 Å². The number of carbonyl (C=O) groups is 1. The van der Waals surface area contributed by atoms with E-state index in [9.17, 15) is 4.79 Å². The summed E-state index contributed by atoms with van der Waals surface area (Å²) in [4.78, 5) is 14.1. The summed E-state index contributed by atoms with van der Waals surface area (Å²) >= 11 is 15.6. The second-order valence-electron chi connectivity index (χ2n) is 6.03. The second kappa shape index (κ2) is 8.98. The molecule has 0 radical (unpaired) electrons. The molecule has 0 aliphatic carbocycles. The fourth-order valence-electron chi connectivity index (χ4n) is 2.47. The Morgan fingerprint density at radius 1 is 1.21 bits per heavy atom. The molecule has 3 rings (SSSR count). The predicted octanol–water partition coefficient (Wildman–Crippen LogP) is 4.48. The van der Waals surface area contributed by atoms with E-state index in [-0.39, 0.29) is 12.6 Å². The van der Waals surface area contributed by atoms with E-state index < -0.39 is 0 Å². The van der Waals surface area contributed by atoms with Crippen molar-refractivity contribution in [3.63, 3.8) is 0 Å². The van der Waals surface area contributed by atoms with E-state index in [1.54, 1.807) is 42.3 Å². The molecule has 28 heavy (non-hydrogen) atoms. The van der Waals surface area contributed by atoms with Gasteiger partial charge in [-0.25, -0.2) is 4.68 Å². The third kappa shape index (κ3) is 4.87. The first kappa shape index (κ1) is 20.7. The minimum Gasteiger partial charge on any atom is -0.470 e. The van der Waals surface area contributed by atoms with Gasteiger partial charge in [0.25, 0.3) is 5.91 Å². The lowest BCUT2D eigenvalue weighted by molar-refractivity contribution is 0.0775. The van der Waals surface area contributed by atoms with Crippen LogP contribution in [-0.2, 0) is 19.8 Å². The van der Waals surface area contributed by atoms with Crippen molar-refractivity contribution in [1.82, 2.24) is 24.5 Å². The summed E-state index contributed by atoms with van der Waals surface area (Å²) in [5.41, 5.74) is 0.950. The van der Waals surface area contributed by atoms with E-state index in [2.05, 4.69) is 26.1 Å². The van der Waals surface area contributed by atoms with Crippen molar-refractivity contribution in [2.24, 2.45) is 0 Å². The molecule has 0 saturated heterocycles. The summed E-state index contributed by atoms with van der Waals surface area (Å²) in [6.07, 6.45) is 3.42. The van der Waals surface area contributed by atoms with Crippen molar-refractivity contribution >= 4 is 45.0 Å². The summed E-state index contributed by atoms with van der Waals surface area (Å²) < 4.78 is 9.77. The number of rotatable bonds is 7. The molecule has 1 amide bonds. The number of benzene rings is 1. The maximum absolute atomic E-state index is 12.6. The van der Waals surface area contributed by atoms with Crippen LogP contribution in [0.15, 0.2) is 41.1 Å². The van der Waals surface area contributed by atoms with E-state index in [0.29, 0.717) is 40.3 Å². The van der Waals surface area contributed by atoms with Crippen molar-refractivity contribution < 1.29 is 9.53 Å². The third-order valence-electron chi connectivity index (χ3n) is 3.95. The van der Waals surface area contributed by atoms with Gasteiger partial charge in [0.05, 0.1) is 16.6 Å². The molecule has 1 aromatic carbocycles. The largest absolute Gasteiger partial charge is 0.470 e. The molecule has 0 fully saturated rings. The zero-order chi connectivity index (χ0) is 20.3. The molecule has 0 N–H and O–H groups in total. The fraction of sp³-hybridized carbons (Fsp3) is 0.278. The van der Waals surface area contributed by atoms with Crippen LogP contribution < -0.4 is 4.74 Å². The second-order valence-corrected chi connectivity index (χ2v) is 7.76. The maximum atomic E-state index is 12.6. The van der Waals surface area contributed by atoms with Crippen LogP contribution in [0.4, 0.5) is 0 Å². The van der Waals surface area contributed by atoms with Crippen LogP contribution in [0.3, 0.4) is 0 Å². The quantitative estimate of drug-likeness (QED) is 0.494. The monoisotopic (exact) mass is 485 g/mol. The van der Waals surface area contributed by atoms with Gasteiger partial charge < -0.3 is 9.64 Å². The fourth-order valence-corrected chi connectivity index (χ4v) is 3.41. The molecule has 7 nitrogen and oxygen atoms in total. The van der Waals surface area contributed by atoms with Crippen molar-refractivity contribution in [2.45, 2.75) is 26.7 Å². The van der Waals surface area contributed by atoms with E-state index in [0.717, 1.165) is 4.47 Å². The molecule has 0 bridgehead atoms. The van der Waals surface area contributed by atoms with Crippen molar-refractivity contribution in [2.75, 3.05) is 7.05 Å². The highest BCUT2D eigenvalue weighted by Crippen LogP contribution is 2.27. The Hall–Kier alpha value is -2.03. The molecule has 0 aliphatic heterocycles. The summed E-state index contributed by atoms with van der Waals surface area (Å²) in [6.45, 7) is 3.11. The van der Waals surface area contributed by atoms with Gasteiger partial charge in [0.1, 0.15) is 11.4 Å². The minimum atomic E-state index is -0.234. The molecule has 0 spiro atoms. The average Bonchev–Trinajstić information content (AvgIpc) is 3.27. The van der Waals surface area contributed by atoms with Crippen LogP contribution in [0, 0.1) is 0 Å². The summed E-state index contributed by atoms with van der Waals surface area (Å²) in [6, 6.07) is 6.97. The lowest BCUT2D eigenvalue weighted by atomic mass is 10.3. The van der Waals surface area contributed by atoms with Crippen LogP contribution in [0.2, 0.25) is 10.0 Å². The first-order valence-corrected chi connectivity index (χ1v) is 10.0. The molecule has 0 aliphatic rings. The van der Waals surface area contributed by atoms with E-state index in [1.807, 2.05) is 13.0 Å². The first-order valence-electron chi connectivity index (χ1n) is 8.46. The van der Waals surface area contributed by atoms with Gasteiger partial charge in [-0.2, -0.15) is 10.2 Å². The van der Waals surface area contributed by atoms with Gasteiger partial charge in [-0.15, -0.1) is 0 Å². The smallest absolute Gasteiger partial charge is 0.274 e. The summed E-state index contributed by atoms with van der Waals surface area (Å²) in [5, 5.41) is 9.65. The number of halogens is 3. The molecule has 3 aromatic rings. The topological polar surface area (TPSA) is 65.2 Å². The third-order valence-corrected chi connectivity index (χ3v) is 5.06. The number of nitrogens with zero attached hydrogens (tertiary/aromatic N) is 5. The highest BCUT2D eigenvalue weighted by atomic mass is 79.9. The van der Waals surface area contributed by atoms with Gasteiger partial charge in [-0.05, 0) is 31.2 Å². The van der Waals surface area contributed by atoms with Crippen LogP contribution in [-0.4, -0.2) is 37.4 Å². The highest BCUT2D eigenvalue weighted by Gasteiger charge is 2.18. The lowest BCUT2D eigenvalue weighted by Gasteiger charge is -2.14. The molecular weight excluding hydrogens is 469 g/mol. The predicted molar refractivity (Wildman–Crippen MR) is 111 cm³/mol. The van der Waals surface area contributed by atoms with Crippen LogP contribution in [0.1, 0.15) is 23.1 Å². The normalized spacial score (nSPS) is 10.9. The number of carbonyl (C=O) groups excluding carboxylic acids is 1. The Bertz CT molecular complexity index is 988. The Morgan fingerprint density at radius 2 is 2.00 bits per heavy atom. The first-order chi connectivity index (χ1) is 13.4. The van der Waals surface area contributed by atoms with Gasteiger partial charge in [-0.3, -0.25) is 9.48 Å². The number of hydrogen-bond acceptors (Lipinski definition) is 4. The Kier molecular flexibility index (Phi) is 6.64. The zero-order valence-corrected chi connectivity index (χ0v) is 18.4. The Labute approximate surface area is 180 Å². The number of aryl methyl sites for hydroxylation is 1. The molecule has 0 saturated carbocycles. The van der Waals surface area contributed by atoms with Gasteiger partial charge >= 0.3 is 0 Å². The molecule has 0 atom stereocenters. The molecule has 2 aromatic heterocycles. The molecule has 0 unspecified atom stereocenters. The van der Waals surface area contributed by atoms with Crippen molar-refractivity contribution in [3.8, 4) is 5.75 Å². The highest BCUT2D eigenvalue weighted by molar-refractivity contribution is 9.10. The van der Waals surface area contributed by atoms with E-state index in [4.69, 9.17) is 27.9 Å². The Balaban J connectivity index is 1.62. The van der Waals surface area contributed by atoms with Crippen molar-refractivity contribution in [3.05, 3.63) is 62.6 Å².